The average Bonchev–Trinajstić information content (AvgIpc) is 2.55. The fourth-order valence-electron chi connectivity index (χ4n) is 3.14. The van der Waals surface area contributed by atoms with Gasteiger partial charge in [0.15, 0.2) is 0 Å². The Morgan fingerprint density at radius 2 is 2.09 bits per heavy atom. The molecule has 1 fully saturated rings. The summed E-state index contributed by atoms with van der Waals surface area (Å²) in [6.45, 7) is 2.23. The quantitative estimate of drug-likeness (QED) is 0.925. The predicted octanol–water partition coefficient (Wildman–Crippen LogP) is 2.94. The molecule has 0 aliphatic carbocycles. The Bertz CT molecular complexity index is 734. The van der Waals surface area contributed by atoms with Gasteiger partial charge in [-0.2, -0.15) is 0 Å². The lowest BCUT2D eigenvalue weighted by atomic mass is 9.93. The fourth-order valence-corrected chi connectivity index (χ4v) is 3.14. The highest BCUT2D eigenvalue weighted by Crippen LogP contribution is 2.36. The lowest BCUT2D eigenvalue weighted by Gasteiger charge is -2.35. The third kappa shape index (κ3) is 3.02. The van der Waals surface area contributed by atoms with Crippen molar-refractivity contribution in [3.8, 4) is 11.1 Å². The van der Waals surface area contributed by atoms with E-state index in [1.54, 1.807) is 36.2 Å². The molecule has 1 aromatic carbocycles. The van der Waals surface area contributed by atoms with Crippen molar-refractivity contribution in [1.82, 2.24) is 14.9 Å². The van der Waals surface area contributed by atoms with Crippen LogP contribution in [0.3, 0.4) is 0 Å². The van der Waals surface area contributed by atoms with Gasteiger partial charge >= 0.3 is 0 Å². The molecular formula is C17H19FN4O. The summed E-state index contributed by atoms with van der Waals surface area (Å²) in [5, 5.41) is 0. The number of nitrogens with two attached hydrogens (primary N) is 1. The van der Waals surface area contributed by atoms with Gasteiger partial charge in [0.05, 0.1) is 11.7 Å². The molecule has 0 radical (unpaired) electrons. The number of amides is 1. The molecule has 2 N–H and O–H groups in total. The van der Waals surface area contributed by atoms with Gasteiger partial charge in [0.25, 0.3) is 0 Å². The summed E-state index contributed by atoms with van der Waals surface area (Å²) in [4.78, 5) is 22.1. The highest BCUT2D eigenvalue weighted by atomic mass is 19.1. The van der Waals surface area contributed by atoms with Gasteiger partial charge in [-0.25, -0.2) is 14.4 Å². The minimum Gasteiger partial charge on any atom is -0.368 e. The second-order valence-corrected chi connectivity index (χ2v) is 5.73. The molecule has 120 valence electrons. The largest absolute Gasteiger partial charge is 0.368 e. The van der Waals surface area contributed by atoms with E-state index in [2.05, 4.69) is 9.97 Å². The zero-order chi connectivity index (χ0) is 16.4. The smallest absolute Gasteiger partial charge is 0.220 e. The number of piperidine rings is 1. The molecule has 0 spiro atoms. The molecule has 1 aliphatic rings. The first-order valence-corrected chi connectivity index (χ1v) is 7.72. The number of benzene rings is 1. The molecule has 1 aromatic heterocycles. The molecule has 5 nitrogen and oxygen atoms in total. The van der Waals surface area contributed by atoms with Gasteiger partial charge in [0, 0.05) is 30.8 Å². The Morgan fingerprint density at radius 3 is 2.83 bits per heavy atom. The Morgan fingerprint density at radius 1 is 1.30 bits per heavy atom. The number of rotatable bonds is 2. The number of carbonyl (C=O) groups excluding carboxylic acids is 1. The van der Waals surface area contributed by atoms with Crippen molar-refractivity contribution in [3.05, 3.63) is 42.0 Å². The van der Waals surface area contributed by atoms with Crippen LogP contribution < -0.4 is 5.73 Å². The van der Waals surface area contributed by atoms with E-state index in [1.807, 2.05) is 0 Å². The van der Waals surface area contributed by atoms with Crippen LogP contribution in [0.4, 0.5) is 10.3 Å². The van der Waals surface area contributed by atoms with Gasteiger partial charge < -0.3 is 10.6 Å². The van der Waals surface area contributed by atoms with E-state index >= 15 is 0 Å². The standard InChI is InChI=1S/C17H19FN4O/c1-11(23)22-9-5-4-8-15(22)16-13(10-20-17(19)21-16)12-6-2-3-7-14(12)18/h2-3,6-7,10,15H,4-5,8-9H2,1H3,(H2,19,20,21). The van der Waals surface area contributed by atoms with E-state index in [4.69, 9.17) is 5.73 Å². The summed E-state index contributed by atoms with van der Waals surface area (Å²) in [7, 11) is 0. The van der Waals surface area contributed by atoms with Crippen LogP contribution in [0.2, 0.25) is 0 Å². The van der Waals surface area contributed by atoms with Crippen LogP contribution in [-0.4, -0.2) is 27.3 Å². The van der Waals surface area contributed by atoms with E-state index in [9.17, 15) is 9.18 Å². The van der Waals surface area contributed by atoms with Crippen LogP contribution in [0, 0.1) is 5.82 Å². The lowest BCUT2D eigenvalue weighted by Crippen LogP contribution is -2.37. The molecule has 2 aromatic rings. The van der Waals surface area contributed by atoms with Crippen molar-refractivity contribution in [2.24, 2.45) is 0 Å². The fraction of sp³-hybridized carbons (Fsp3) is 0.353. The number of hydrogen-bond acceptors (Lipinski definition) is 4. The summed E-state index contributed by atoms with van der Waals surface area (Å²) in [6.07, 6.45) is 4.29. The third-order valence-electron chi connectivity index (χ3n) is 4.22. The van der Waals surface area contributed by atoms with Crippen molar-refractivity contribution in [2.75, 3.05) is 12.3 Å². The minimum absolute atomic E-state index is 0.00799. The van der Waals surface area contributed by atoms with Gasteiger partial charge in [-0.3, -0.25) is 4.79 Å². The van der Waals surface area contributed by atoms with E-state index in [0.29, 0.717) is 23.4 Å². The number of likely N-dealkylation sites (tertiary alicyclic amines) is 1. The molecule has 1 aliphatic heterocycles. The molecule has 2 heterocycles. The second kappa shape index (κ2) is 6.32. The summed E-state index contributed by atoms with van der Waals surface area (Å²) in [6, 6.07) is 6.30. The van der Waals surface area contributed by atoms with Crippen molar-refractivity contribution in [1.29, 1.82) is 0 Å². The summed E-state index contributed by atoms with van der Waals surface area (Å²) < 4.78 is 14.2. The van der Waals surface area contributed by atoms with Crippen LogP contribution in [0.5, 0.6) is 0 Å². The Kier molecular flexibility index (Phi) is 4.23. The molecule has 1 amide bonds. The maximum atomic E-state index is 14.2. The number of carbonyl (C=O) groups is 1. The lowest BCUT2D eigenvalue weighted by molar-refractivity contribution is -0.132. The van der Waals surface area contributed by atoms with E-state index in [0.717, 1.165) is 19.3 Å². The molecular weight excluding hydrogens is 295 g/mol. The second-order valence-electron chi connectivity index (χ2n) is 5.73. The van der Waals surface area contributed by atoms with Gasteiger partial charge in [0.1, 0.15) is 5.82 Å². The van der Waals surface area contributed by atoms with Gasteiger partial charge in [-0.15, -0.1) is 0 Å². The summed E-state index contributed by atoms with van der Waals surface area (Å²) >= 11 is 0. The number of nitrogens with zero attached hydrogens (tertiary/aromatic N) is 3. The van der Waals surface area contributed by atoms with Crippen molar-refractivity contribution >= 4 is 11.9 Å². The zero-order valence-corrected chi connectivity index (χ0v) is 13.0. The van der Waals surface area contributed by atoms with Gasteiger partial charge in [0.2, 0.25) is 11.9 Å². The van der Waals surface area contributed by atoms with Crippen LogP contribution in [0.15, 0.2) is 30.5 Å². The number of hydrogen-bond donors (Lipinski definition) is 1. The van der Waals surface area contributed by atoms with Crippen LogP contribution in [-0.2, 0) is 4.79 Å². The van der Waals surface area contributed by atoms with Crippen molar-refractivity contribution in [2.45, 2.75) is 32.2 Å². The van der Waals surface area contributed by atoms with Gasteiger partial charge in [-0.05, 0) is 25.3 Å². The minimum atomic E-state index is -0.340. The first-order valence-electron chi connectivity index (χ1n) is 7.72. The molecule has 0 bridgehead atoms. The molecule has 6 heteroatoms. The van der Waals surface area contributed by atoms with E-state index in [-0.39, 0.29) is 23.7 Å². The third-order valence-corrected chi connectivity index (χ3v) is 4.22. The maximum absolute atomic E-state index is 14.2. The monoisotopic (exact) mass is 314 g/mol. The average molecular weight is 314 g/mol. The highest BCUT2D eigenvalue weighted by Gasteiger charge is 2.30. The summed E-state index contributed by atoms with van der Waals surface area (Å²) in [5.74, 6) is -0.215. The molecule has 1 saturated heterocycles. The summed E-state index contributed by atoms with van der Waals surface area (Å²) in [5.41, 5.74) is 7.40. The van der Waals surface area contributed by atoms with Crippen LogP contribution >= 0.6 is 0 Å². The Labute approximate surface area is 134 Å². The Balaban J connectivity index is 2.13. The molecule has 23 heavy (non-hydrogen) atoms. The molecule has 0 saturated carbocycles. The van der Waals surface area contributed by atoms with Crippen LogP contribution in [0.25, 0.3) is 11.1 Å². The molecule has 3 rings (SSSR count). The van der Waals surface area contributed by atoms with Crippen LogP contribution in [0.1, 0.15) is 37.9 Å². The normalized spacial score (nSPS) is 18.0. The number of anilines is 1. The number of halogens is 1. The van der Waals surface area contributed by atoms with E-state index < -0.39 is 0 Å². The molecule has 1 atom stereocenters. The highest BCUT2D eigenvalue weighted by molar-refractivity contribution is 5.75. The van der Waals surface area contributed by atoms with E-state index in [1.165, 1.54) is 6.07 Å². The number of aromatic nitrogens is 2. The zero-order valence-electron chi connectivity index (χ0n) is 13.0. The topological polar surface area (TPSA) is 72.1 Å². The van der Waals surface area contributed by atoms with Crippen molar-refractivity contribution < 1.29 is 9.18 Å². The van der Waals surface area contributed by atoms with Crippen molar-refractivity contribution in [3.63, 3.8) is 0 Å². The first-order chi connectivity index (χ1) is 11.1. The maximum Gasteiger partial charge on any atom is 0.220 e. The number of nitrogen functional groups attached to an aromatic ring is 1. The first kappa shape index (κ1) is 15.4. The SMILES string of the molecule is CC(=O)N1CCCCC1c1nc(N)ncc1-c1ccccc1F. The molecule has 1 unspecified atom stereocenters. The van der Waals surface area contributed by atoms with Gasteiger partial charge in [-0.1, -0.05) is 18.2 Å². The predicted molar refractivity (Wildman–Crippen MR) is 85.8 cm³/mol. The Hall–Kier alpha value is -2.50.